The van der Waals surface area contributed by atoms with Crippen molar-refractivity contribution in [2.45, 2.75) is 27.3 Å². The van der Waals surface area contributed by atoms with E-state index in [2.05, 4.69) is 61.3 Å². The van der Waals surface area contributed by atoms with Crippen LogP contribution in [0, 0.1) is 11.8 Å². The molecule has 0 spiro atoms. The third kappa shape index (κ3) is 6.73. The molecule has 0 aliphatic heterocycles. The Morgan fingerprint density at radius 2 is 1.89 bits per heavy atom. The van der Waals surface area contributed by atoms with Gasteiger partial charge in [0, 0.05) is 13.1 Å². The van der Waals surface area contributed by atoms with Gasteiger partial charge >= 0.3 is 0 Å². The molecule has 0 radical (unpaired) electrons. The van der Waals surface area contributed by atoms with Gasteiger partial charge < -0.3 is 5.32 Å². The first-order valence-corrected chi connectivity index (χ1v) is 6.25. The van der Waals surface area contributed by atoms with Crippen LogP contribution in [0.25, 0.3) is 0 Å². The predicted molar refractivity (Wildman–Crippen MR) is 79.1 cm³/mol. The first kappa shape index (κ1) is 14.3. The Bertz CT molecular complexity index is 465. The van der Waals surface area contributed by atoms with Gasteiger partial charge in [-0.05, 0) is 38.0 Å². The maximum absolute atomic E-state index is 3.37. The van der Waals surface area contributed by atoms with Gasteiger partial charge in [-0.2, -0.15) is 0 Å². The zero-order valence-electron chi connectivity index (χ0n) is 11.5. The quantitative estimate of drug-likeness (QED) is 0.624. The molecule has 0 saturated carbocycles. The van der Waals surface area contributed by atoms with Gasteiger partial charge in [-0.3, -0.25) is 0 Å². The molecule has 0 atom stereocenters. The average molecular weight is 239 g/mol. The van der Waals surface area contributed by atoms with Crippen molar-refractivity contribution in [1.29, 1.82) is 0 Å². The summed E-state index contributed by atoms with van der Waals surface area (Å²) in [4.78, 5) is 0. The van der Waals surface area contributed by atoms with Crippen molar-refractivity contribution >= 4 is 0 Å². The second-order valence-corrected chi connectivity index (χ2v) is 4.49. The zero-order valence-corrected chi connectivity index (χ0v) is 11.5. The molecule has 1 rings (SSSR count). The summed E-state index contributed by atoms with van der Waals surface area (Å²) in [5.41, 5.74) is 3.64. The topological polar surface area (TPSA) is 12.0 Å². The summed E-state index contributed by atoms with van der Waals surface area (Å²) in [6.45, 7) is 7.89. The third-order valence-electron chi connectivity index (χ3n) is 2.35. The number of nitrogens with one attached hydrogen (secondary N) is 1. The van der Waals surface area contributed by atoms with Gasteiger partial charge in [0.05, 0.1) is 0 Å². The molecular formula is C17H21N. The first-order valence-electron chi connectivity index (χ1n) is 6.25. The van der Waals surface area contributed by atoms with Crippen molar-refractivity contribution in [2.75, 3.05) is 6.54 Å². The predicted octanol–water partition coefficient (Wildman–Crippen LogP) is 3.69. The van der Waals surface area contributed by atoms with Gasteiger partial charge in [-0.15, -0.1) is 0 Å². The molecule has 94 valence electrons. The molecular weight excluding hydrogens is 218 g/mol. The highest BCUT2D eigenvalue weighted by Gasteiger charge is 1.88. The van der Waals surface area contributed by atoms with Crippen LogP contribution in [0.5, 0.6) is 0 Å². The van der Waals surface area contributed by atoms with Crippen LogP contribution >= 0.6 is 0 Å². The highest BCUT2D eigenvalue weighted by Crippen LogP contribution is 1.97. The molecule has 0 aliphatic rings. The van der Waals surface area contributed by atoms with E-state index in [1.165, 1.54) is 11.1 Å². The summed E-state index contributed by atoms with van der Waals surface area (Å²) < 4.78 is 0. The lowest BCUT2D eigenvalue weighted by molar-refractivity contribution is 0.758. The molecule has 1 aromatic carbocycles. The Hall–Kier alpha value is -1.78. The van der Waals surface area contributed by atoms with Crippen LogP contribution in [0.1, 0.15) is 26.3 Å². The largest absolute Gasteiger partial charge is 0.309 e. The monoisotopic (exact) mass is 239 g/mol. The summed E-state index contributed by atoms with van der Waals surface area (Å²) in [7, 11) is 0. The van der Waals surface area contributed by atoms with Crippen molar-refractivity contribution in [3.63, 3.8) is 0 Å². The highest BCUT2D eigenvalue weighted by molar-refractivity contribution is 5.32. The molecule has 0 amide bonds. The van der Waals surface area contributed by atoms with Gasteiger partial charge in [0.25, 0.3) is 0 Å². The molecule has 0 aromatic heterocycles. The Balaban J connectivity index is 2.31. The summed E-state index contributed by atoms with van der Waals surface area (Å²) in [5.74, 6) is 6.14. The number of hydrogen-bond donors (Lipinski definition) is 1. The first-order chi connectivity index (χ1) is 8.68. The Morgan fingerprint density at radius 1 is 1.17 bits per heavy atom. The van der Waals surface area contributed by atoms with Gasteiger partial charge in [0.15, 0.2) is 0 Å². The molecule has 1 nitrogen and oxygen atoms in total. The minimum absolute atomic E-state index is 0.851. The lowest BCUT2D eigenvalue weighted by Gasteiger charge is -2.01. The molecule has 1 N–H and O–H groups in total. The van der Waals surface area contributed by atoms with Crippen molar-refractivity contribution in [2.24, 2.45) is 0 Å². The number of allylic oxidation sites excluding steroid dienone is 3. The number of benzene rings is 1. The van der Waals surface area contributed by atoms with Crippen LogP contribution in [0.2, 0.25) is 0 Å². The lowest BCUT2D eigenvalue weighted by Crippen LogP contribution is -2.12. The fourth-order valence-electron chi connectivity index (χ4n) is 1.38. The Morgan fingerprint density at radius 3 is 2.56 bits per heavy atom. The highest BCUT2D eigenvalue weighted by atomic mass is 14.8. The van der Waals surface area contributed by atoms with Crippen LogP contribution < -0.4 is 5.32 Å². The van der Waals surface area contributed by atoms with Gasteiger partial charge in [0.1, 0.15) is 0 Å². The summed E-state index contributed by atoms with van der Waals surface area (Å²) in [6.07, 6.45) is 4.06. The lowest BCUT2D eigenvalue weighted by atomic mass is 10.2. The van der Waals surface area contributed by atoms with Crippen LogP contribution in [-0.2, 0) is 6.54 Å². The molecule has 0 bridgehead atoms. The van der Waals surface area contributed by atoms with E-state index in [4.69, 9.17) is 0 Å². The molecule has 1 aromatic rings. The van der Waals surface area contributed by atoms with E-state index in [1.807, 2.05) is 19.1 Å². The number of rotatable bonds is 4. The molecule has 0 fully saturated rings. The summed E-state index contributed by atoms with van der Waals surface area (Å²) >= 11 is 0. The van der Waals surface area contributed by atoms with Crippen molar-refractivity contribution in [1.82, 2.24) is 5.32 Å². The van der Waals surface area contributed by atoms with E-state index >= 15 is 0 Å². The van der Waals surface area contributed by atoms with Crippen molar-refractivity contribution < 1.29 is 0 Å². The van der Waals surface area contributed by atoms with Gasteiger partial charge in [-0.25, -0.2) is 0 Å². The molecule has 0 unspecified atom stereocenters. The maximum Gasteiger partial charge on any atom is 0.0208 e. The Labute approximate surface area is 111 Å². The van der Waals surface area contributed by atoms with E-state index in [0.717, 1.165) is 18.7 Å². The van der Waals surface area contributed by atoms with Crippen LogP contribution in [0.15, 0.2) is 53.6 Å². The van der Waals surface area contributed by atoms with Crippen LogP contribution in [-0.4, -0.2) is 6.54 Å². The summed E-state index contributed by atoms with van der Waals surface area (Å²) in [5, 5.41) is 3.37. The molecule has 0 aliphatic carbocycles. The van der Waals surface area contributed by atoms with Crippen LogP contribution in [0.4, 0.5) is 0 Å². The normalized spacial score (nSPS) is 10.5. The van der Waals surface area contributed by atoms with Gasteiger partial charge in [0.2, 0.25) is 0 Å². The average Bonchev–Trinajstić information content (AvgIpc) is 2.35. The fraction of sp³-hybridized carbons (Fsp3) is 0.294. The molecule has 1 heteroatoms. The second kappa shape index (κ2) is 8.33. The van der Waals surface area contributed by atoms with E-state index in [9.17, 15) is 0 Å². The molecule has 18 heavy (non-hydrogen) atoms. The second-order valence-electron chi connectivity index (χ2n) is 4.49. The van der Waals surface area contributed by atoms with E-state index in [0.29, 0.717) is 0 Å². The fourth-order valence-corrected chi connectivity index (χ4v) is 1.38. The zero-order chi connectivity index (χ0) is 13.2. The van der Waals surface area contributed by atoms with E-state index in [1.54, 1.807) is 0 Å². The smallest absolute Gasteiger partial charge is 0.0208 e. The minimum Gasteiger partial charge on any atom is -0.309 e. The third-order valence-corrected chi connectivity index (χ3v) is 2.35. The standard InChI is InChI=1S/C17H21N/c1-15(2)8-7-9-16(3)12-13-18-14-17-10-5-4-6-11-17/h4-6,8,10-12,18H,13-14H2,1-3H3/b16-12-. The van der Waals surface area contributed by atoms with E-state index in [-0.39, 0.29) is 0 Å². The molecule has 0 saturated heterocycles. The van der Waals surface area contributed by atoms with E-state index < -0.39 is 0 Å². The Kier molecular flexibility index (Phi) is 6.61. The van der Waals surface area contributed by atoms with Crippen molar-refractivity contribution in [3.05, 3.63) is 59.2 Å². The molecule has 0 heterocycles. The van der Waals surface area contributed by atoms with Crippen LogP contribution in [0.3, 0.4) is 0 Å². The van der Waals surface area contributed by atoms with Gasteiger partial charge in [-0.1, -0.05) is 53.8 Å². The number of hydrogen-bond acceptors (Lipinski definition) is 1. The SMILES string of the molecule is CC(C)=CC#C/C(C)=C\CNCc1ccccc1. The summed E-state index contributed by atoms with van der Waals surface area (Å²) in [6, 6.07) is 10.4. The minimum atomic E-state index is 0.851. The van der Waals surface area contributed by atoms with Crippen molar-refractivity contribution in [3.8, 4) is 11.8 Å². The maximum atomic E-state index is 3.37.